The molecular weight excluding hydrogens is 374 g/mol. The third-order valence-electron chi connectivity index (χ3n) is 4.69. The third kappa shape index (κ3) is 4.55. The summed E-state index contributed by atoms with van der Waals surface area (Å²) in [5.74, 6) is 2.44. The van der Waals surface area contributed by atoms with Gasteiger partial charge >= 0.3 is 0 Å². The Kier molecular flexibility index (Phi) is 5.63. The van der Waals surface area contributed by atoms with E-state index in [1.54, 1.807) is 23.7 Å². The lowest BCUT2D eigenvalue weighted by molar-refractivity contribution is -0.117. The second-order valence-corrected chi connectivity index (χ2v) is 7.76. The maximum absolute atomic E-state index is 12.5. The van der Waals surface area contributed by atoms with Crippen molar-refractivity contribution in [1.29, 1.82) is 0 Å². The molecule has 4 heterocycles. The van der Waals surface area contributed by atoms with E-state index in [0.29, 0.717) is 13.1 Å². The van der Waals surface area contributed by atoms with Crippen LogP contribution in [0.1, 0.15) is 10.7 Å². The van der Waals surface area contributed by atoms with Crippen LogP contribution in [-0.4, -0.2) is 63.3 Å². The molecule has 146 valence electrons. The minimum absolute atomic E-state index is 0.0146. The first-order valence-corrected chi connectivity index (χ1v) is 10.2. The second-order valence-electron chi connectivity index (χ2n) is 6.73. The molecule has 1 N–H and O–H groups in total. The van der Waals surface area contributed by atoms with Crippen molar-refractivity contribution in [3.05, 3.63) is 52.7 Å². The number of aryl methyl sites for hydroxylation is 1. The van der Waals surface area contributed by atoms with Crippen molar-refractivity contribution in [2.45, 2.75) is 13.5 Å². The van der Waals surface area contributed by atoms with Crippen molar-refractivity contribution in [1.82, 2.24) is 24.6 Å². The monoisotopic (exact) mass is 397 g/mol. The first kappa shape index (κ1) is 18.6. The molecule has 1 aliphatic rings. The van der Waals surface area contributed by atoms with Gasteiger partial charge in [0.15, 0.2) is 0 Å². The van der Waals surface area contributed by atoms with Crippen LogP contribution in [0, 0.1) is 6.92 Å². The summed E-state index contributed by atoms with van der Waals surface area (Å²) in [4.78, 5) is 26.7. The molecule has 3 aromatic rings. The summed E-state index contributed by atoms with van der Waals surface area (Å²) in [6.45, 7) is 6.28. The largest absolute Gasteiger partial charge is 0.354 e. The van der Waals surface area contributed by atoms with Crippen molar-refractivity contribution in [2.24, 2.45) is 0 Å². The molecule has 4 rings (SSSR count). The van der Waals surface area contributed by atoms with Gasteiger partial charge in [0.05, 0.1) is 19.3 Å². The normalized spacial score (nSPS) is 15.0. The maximum atomic E-state index is 12.5. The van der Waals surface area contributed by atoms with Crippen molar-refractivity contribution in [3.63, 3.8) is 0 Å². The summed E-state index contributed by atoms with van der Waals surface area (Å²) in [6.07, 6.45) is 3.50. The Morgan fingerprint density at radius 3 is 2.79 bits per heavy atom. The van der Waals surface area contributed by atoms with Crippen molar-refractivity contribution in [2.75, 3.05) is 42.9 Å². The zero-order valence-corrected chi connectivity index (χ0v) is 16.6. The van der Waals surface area contributed by atoms with Crippen molar-refractivity contribution >= 4 is 28.9 Å². The van der Waals surface area contributed by atoms with Gasteiger partial charge in [-0.25, -0.2) is 14.6 Å². The number of amides is 1. The van der Waals surface area contributed by atoms with Gasteiger partial charge in [-0.3, -0.25) is 9.69 Å². The van der Waals surface area contributed by atoms with Gasteiger partial charge in [-0.05, 0) is 24.4 Å². The molecular formula is C19H23N7OS. The van der Waals surface area contributed by atoms with Gasteiger partial charge in [0.2, 0.25) is 5.91 Å². The number of carbonyl (C=O) groups excluding carboxylic acids is 1. The van der Waals surface area contributed by atoms with Crippen LogP contribution in [0.25, 0.3) is 0 Å². The Hall–Kier alpha value is -2.78. The highest BCUT2D eigenvalue weighted by Gasteiger charge is 2.20. The molecule has 0 saturated carbocycles. The predicted molar refractivity (Wildman–Crippen MR) is 110 cm³/mol. The van der Waals surface area contributed by atoms with E-state index in [1.807, 2.05) is 35.2 Å². The molecule has 3 aromatic heterocycles. The maximum Gasteiger partial charge on any atom is 0.239 e. The topological polar surface area (TPSA) is 79.2 Å². The van der Waals surface area contributed by atoms with E-state index in [1.165, 1.54) is 4.88 Å². The molecule has 1 aliphatic heterocycles. The average Bonchev–Trinajstić information content (AvgIpc) is 3.35. The lowest BCUT2D eigenvalue weighted by Crippen LogP contribution is -2.49. The predicted octanol–water partition coefficient (Wildman–Crippen LogP) is 1.85. The first-order chi connectivity index (χ1) is 13.7. The number of hydrogen-bond donors (Lipinski definition) is 1. The lowest BCUT2D eigenvalue weighted by Gasteiger charge is -2.35. The zero-order chi connectivity index (χ0) is 19.3. The fourth-order valence-corrected chi connectivity index (χ4v) is 3.94. The molecule has 28 heavy (non-hydrogen) atoms. The van der Waals surface area contributed by atoms with E-state index >= 15 is 0 Å². The molecule has 0 spiro atoms. The van der Waals surface area contributed by atoms with Crippen LogP contribution < -0.4 is 10.2 Å². The number of piperazine rings is 1. The summed E-state index contributed by atoms with van der Waals surface area (Å²) in [5.41, 5.74) is 0. The summed E-state index contributed by atoms with van der Waals surface area (Å²) >= 11 is 1.68. The zero-order valence-electron chi connectivity index (χ0n) is 15.8. The first-order valence-electron chi connectivity index (χ1n) is 9.28. The van der Waals surface area contributed by atoms with Crippen LogP contribution in [0.15, 0.2) is 42.0 Å². The SMILES string of the molecule is Cc1nccc(N2CCN(CC(=O)Nc3ccnn3Cc3cccs3)CC2)n1. The number of thiophene rings is 1. The van der Waals surface area contributed by atoms with E-state index in [-0.39, 0.29) is 5.91 Å². The average molecular weight is 398 g/mol. The van der Waals surface area contributed by atoms with Gasteiger partial charge in [-0.2, -0.15) is 5.10 Å². The highest BCUT2D eigenvalue weighted by molar-refractivity contribution is 7.09. The summed E-state index contributed by atoms with van der Waals surface area (Å²) in [7, 11) is 0. The Morgan fingerprint density at radius 1 is 1.18 bits per heavy atom. The molecule has 0 radical (unpaired) electrons. The number of rotatable bonds is 6. The number of nitrogens with zero attached hydrogens (tertiary/aromatic N) is 6. The standard InChI is InChI=1S/C19H23N7OS/c1-15-20-6-4-17(22-15)25-10-8-24(9-11-25)14-19(27)23-18-5-7-21-26(18)13-16-3-2-12-28-16/h2-7,12H,8-11,13-14H2,1H3,(H,23,27). The van der Waals surface area contributed by atoms with Crippen LogP contribution in [0.3, 0.4) is 0 Å². The number of hydrogen-bond acceptors (Lipinski definition) is 7. The van der Waals surface area contributed by atoms with Gasteiger partial charge in [0, 0.05) is 43.3 Å². The van der Waals surface area contributed by atoms with Crippen LogP contribution in [0.5, 0.6) is 0 Å². The van der Waals surface area contributed by atoms with Crippen molar-refractivity contribution < 1.29 is 4.79 Å². The van der Waals surface area contributed by atoms with E-state index < -0.39 is 0 Å². The highest BCUT2D eigenvalue weighted by atomic mass is 32.1. The molecule has 0 atom stereocenters. The van der Waals surface area contributed by atoms with Gasteiger partial charge in [-0.15, -0.1) is 11.3 Å². The number of aromatic nitrogens is 4. The van der Waals surface area contributed by atoms with Crippen LogP contribution >= 0.6 is 11.3 Å². The van der Waals surface area contributed by atoms with E-state index in [2.05, 4.69) is 36.2 Å². The smallest absolute Gasteiger partial charge is 0.239 e. The molecule has 0 unspecified atom stereocenters. The fraction of sp³-hybridized carbons (Fsp3) is 0.368. The highest BCUT2D eigenvalue weighted by Crippen LogP contribution is 2.15. The Morgan fingerprint density at radius 2 is 2.04 bits per heavy atom. The molecule has 0 aliphatic carbocycles. The van der Waals surface area contributed by atoms with Gasteiger partial charge < -0.3 is 10.2 Å². The fourth-order valence-electron chi connectivity index (χ4n) is 3.26. The summed E-state index contributed by atoms with van der Waals surface area (Å²) < 4.78 is 1.82. The van der Waals surface area contributed by atoms with E-state index in [4.69, 9.17) is 0 Å². The van der Waals surface area contributed by atoms with E-state index in [0.717, 1.165) is 43.6 Å². The van der Waals surface area contributed by atoms with Gasteiger partial charge in [0.1, 0.15) is 17.5 Å². The van der Waals surface area contributed by atoms with Gasteiger partial charge in [0.25, 0.3) is 0 Å². The van der Waals surface area contributed by atoms with Crippen LogP contribution in [-0.2, 0) is 11.3 Å². The van der Waals surface area contributed by atoms with Crippen LogP contribution in [0.4, 0.5) is 11.6 Å². The minimum Gasteiger partial charge on any atom is -0.354 e. The molecule has 9 heteroatoms. The Bertz CT molecular complexity index is 916. The second kappa shape index (κ2) is 8.49. The minimum atomic E-state index is -0.0146. The molecule has 1 amide bonds. The summed E-state index contributed by atoms with van der Waals surface area (Å²) in [5, 5.41) is 9.35. The molecule has 1 saturated heterocycles. The summed E-state index contributed by atoms with van der Waals surface area (Å²) in [6, 6.07) is 7.85. The van der Waals surface area contributed by atoms with Crippen molar-refractivity contribution in [3.8, 4) is 0 Å². The lowest BCUT2D eigenvalue weighted by atomic mass is 10.3. The number of nitrogens with one attached hydrogen (secondary N) is 1. The molecule has 0 aromatic carbocycles. The molecule has 1 fully saturated rings. The Labute approximate surface area is 167 Å². The van der Waals surface area contributed by atoms with E-state index in [9.17, 15) is 4.79 Å². The number of carbonyl (C=O) groups is 1. The molecule has 0 bridgehead atoms. The van der Waals surface area contributed by atoms with Crippen LogP contribution in [0.2, 0.25) is 0 Å². The number of anilines is 2. The Balaban J connectivity index is 1.28. The van der Waals surface area contributed by atoms with Gasteiger partial charge in [-0.1, -0.05) is 6.07 Å². The molecule has 8 nitrogen and oxygen atoms in total. The third-order valence-corrected chi connectivity index (χ3v) is 5.56. The quantitative estimate of drug-likeness (QED) is 0.684.